The van der Waals surface area contributed by atoms with Crippen LogP contribution in [0.15, 0.2) is 24.3 Å². The normalized spacial score (nSPS) is 10.5. The molecule has 1 aromatic carbocycles. The summed E-state index contributed by atoms with van der Waals surface area (Å²) < 4.78 is 12.8. The van der Waals surface area contributed by atoms with Crippen LogP contribution in [0.25, 0.3) is 0 Å². The van der Waals surface area contributed by atoms with E-state index in [1.165, 1.54) is 12.1 Å². The van der Waals surface area contributed by atoms with E-state index in [0.717, 1.165) is 11.8 Å². The fourth-order valence-corrected chi connectivity index (χ4v) is 1.30. The largest absolute Gasteiger partial charge is 0.303 e. The zero-order chi connectivity index (χ0) is 10.4. The Morgan fingerprint density at radius 2 is 2.29 bits per heavy atom. The molecule has 14 heavy (non-hydrogen) atoms. The first-order valence-corrected chi connectivity index (χ1v) is 4.59. The standard InChI is InChI=1S/C11H14FNO/c1-13(6-3-7-14)9-10-4-2-5-11(12)8-10/h2,4-5,7-8H,3,6,9H2,1H3. The van der Waals surface area contributed by atoms with E-state index in [1.807, 2.05) is 18.0 Å². The van der Waals surface area contributed by atoms with E-state index in [4.69, 9.17) is 0 Å². The van der Waals surface area contributed by atoms with Crippen LogP contribution in [0.4, 0.5) is 4.39 Å². The monoisotopic (exact) mass is 195 g/mol. The molecule has 0 N–H and O–H groups in total. The molecule has 1 rings (SSSR count). The van der Waals surface area contributed by atoms with E-state index in [1.54, 1.807) is 6.07 Å². The van der Waals surface area contributed by atoms with Gasteiger partial charge in [0.15, 0.2) is 0 Å². The van der Waals surface area contributed by atoms with Crippen LogP contribution in [-0.4, -0.2) is 24.8 Å². The Balaban J connectivity index is 2.47. The lowest BCUT2D eigenvalue weighted by molar-refractivity contribution is -0.108. The smallest absolute Gasteiger partial charge is 0.123 e. The predicted molar refractivity (Wildman–Crippen MR) is 53.4 cm³/mol. The molecule has 0 aromatic heterocycles. The lowest BCUT2D eigenvalue weighted by Crippen LogP contribution is -2.19. The molecule has 0 unspecified atom stereocenters. The van der Waals surface area contributed by atoms with Gasteiger partial charge in [-0.2, -0.15) is 0 Å². The highest BCUT2D eigenvalue weighted by molar-refractivity contribution is 5.49. The Kier molecular flexibility index (Phi) is 4.26. The molecule has 0 bridgehead atoms. The summed E-state index contributed by atoms with van der Waals surface area (Å²) in [5.41, 5.74) is 0.929. The summed E-state index contributed by atoms with van der Waals surface area (Å²) in [6.45, 7) is 1.38. The number of hydrogen-bond donors (Lipinski definition) is 0. The van der Waals surface area contributed by atoms with Crippen molar-refractivity contribution in [2.75, 3.05) is 13.6 Å². The first kappa shape index (κ1) is 10.9. The van der Waals surface area contributed by atoms with Crippen LogP contribution in [0.3, 0.4) is 0 Å². The highest BCUT2D eigenvalue weighted by Crippen LogP contribution is 2.05. The molecular formula is C11H14FNO. The summed E-state index contributed by atoms with van der Waals surface area (Å²) in [6, 6.07) is 6.51. The zero-order valence-corrected chi connectivity index (χ0v) is 8.24. The van der Waals surface area contributed by atoms with Gasteiger partial charge < -0.3 is 9.69 Å². The summed E-state index contributed by atoms with van der Waals surface area (Å²) in [5.74, 6) is -0.216. The van der Waals surface area contributed by atoms with Gasteiger partial charge in [0.2, 0.25) is 0 Å². The number of hydrogen-bond acceptors (Lipinski definition) is 2. The van der Waals surface area contributed by atoms with E-state index in [2.05, 4.69) is 0 Å². The molecule has 0 aliphatic carbocycles. The highest BCUT2D eigenvalue weighted by atomic mass is 19.1. The maximum Gasteiger partial charge on any atom is 0.123 e. The molecule has 0 atom stereocenters. The molecule has 0 fully saturated rings. The number of carbonyl (C=O) groups is 1. The summed E-state index contributed by atoms with van der Waals surface area (Å²) in [4.78, 5) is 12.1. The minimum absolute atomic E-state index is 0.216. The molecule has 0 radical (unpaired) electrons. The molecule has 0 spiro atoms. The number of halogens is 1. The van der Waals surface area contributed by atoms with Crippen molar-refractivity contribution >= 4 is 6.29 Å². The van der Waals surface area contributed by atoms with Crippen LogP contribution in [0.2, 0.25) is 0 Å². The molecule has 0 aliphatic heterocycles. The van der Waals surface area contributed by atoms with Gasteiger partial charge in [-0.1, -0.05) is 12.1 Å². The molecular weight excluding hydrogens is 181 g/mol. The Morgan fingerprint density at radius 1 is 1.50 bits per heavy atom. The lowest BCUT2D eigenvalue weighted by Gasteiger charge is -2.14. The summed E-state index contributed by atoms with van der Waals surface area (Å²) in [7, 11) is 1.91. The second kappa shape index (κ2) is 5.50. The van der Waals surface area contributed by atoms with Crippen LogP contribution < -0.4 is 0 Å². The van der Waals surface area contributed by atoms with Crippen molar-refractivity contribution in [2.45, 2.75) is 13.0 Å². The minimum Gasteiger partial charge on any atom is -0.303 e. The predicted octanol–water partition coefficient (Wildman–Crippen LogP) is 1.85. The third-order valence-electron chi connectivity index (χ3n) is 1.97. The maximum atomic E-state index is 12.8. The minimum atomic E-state index is -0.216. The Hall–Kier alpha value is -1.22. The van der Waals surface area contributed by atoms with Crippen molar-refractivity contribution in [3.63, 3.8) is 0 Å². The lowest BCUT2D eigenvalue weighted by atomic mass is 10.2. The number of nitrogens with zero attached hydrogens (tertiary/aromatic N) is 1. The van der Waals surface area contributed by atoms with Gasteiger partial charge in [0.05, 0.1) is 0 Å². The molecule has 0 amide bonds. The van der Waals surface area contributed by atoms with Crippen molar-refractivity contribution in [1.29, 1.82) is 0 Å². The number of aldehydes is 1. The summed E-state index contributed by atoms with van der Waals surface area (Å²) >= 11 is 0. The second-order valence-corrected chi connectivity index (χ2v) is 3.32. The van der Waals surface area contributed by atoms with Gasteiger partial charge in [0.25, 0.3) is 0 Å². The number of rotatable bonds is 5. The van der Waals surface area contributed by atoms with Crippen LogP contribution in [0.1, 0.15) is 12.0 Å². The first-order valence-electron chi connectivity index (χ1n) is 4.59. The van der Waals surface area contributed by atoms with Crippen molar-refractivity contribution in [1.82, 2.24) is 4.90 Å². The van der Waals surface area contributed by atoms with Crippen LogP contribution in [0.5, 0.6) is 0 Å². The average Bonchev–Trinajstić information content (AvgIpc) is 2.15. The fraction of sp³-hybridized carbons (Fsp3) is 0.364. The molecule has 0 aliphatic rings. The molecule has 0 saturated carbocycles. The van der Waals surface area contributed by atoms with E-state index < -0.39 is 0 Å². The topological polar surface area (TPSA) is 20.3 Å². The van der Waals surface area contributed by atoms with Gasteiger partial charge >= 0.3 is 0 Å². The van der Waals surface area contributed by atoms with E-state index in [9.17, 15) is 9.18 Å². The zero-order valence-electron chi connectivity index (χ0n) is 8.24. The summed E-state index contributed by atoms with van der Waals surface area (Å²) in [6.07, 6.45) is 1.41. The molecule has 2 nitrogen and oxygen atoms in total. The van der Waals surface area contributed by atoms with Crippen LogP contribution in [-0.2, 0) is 11.3 Å². The molecule has 3 heteroatoms. The van der Waals surface area contributed by atoms with Gasteiger partial charge in [-0.25, -0.2) is 4.39 Å². The number of benzene rings is 1. The highest BCUT2D eigenvalue weighted by Gasteiger charge is 2.00. The van der Waals surface area contributed by atoms with Gasteiger partial charge in [0, 0.05) is 19.5 Å². The Morgan fingerprint density at radius 3 is 2.93 bits per heavy atom. The molecule has 0 saturated heterocycles. The Bertz CT molecular complexity index is 301. The summed E-state index contributed by atoms with van der Waals surface area (Å²) in [5, 5.41) is 0. The number of carbonyl (C=O) groups excluding carboxylic acids is 1. The van der Waals surface area contributed by atoms with Gasteiger partial charge in [0.1, 0.15) is 12.1 Å². The van der Waals surface area contributed by atoms with Crippen molar-refractivity contribution < 1.29 is 9.18 Å². The van der Waals surface area contributed by atoms with Gasteiger partial charge in [-0.3, -0.25) is 0 Å². The van der Waals surface area contributed by atoms with Crippen molar-refractivity contribution in [2.24, 2.45) is 0 Å². The second-order valence-electron chi connectivity index (χ2n) is 3.32. The third kappa shape index (κ3) is 3.66. The van der Waals surface area contributed by atoms with E-state index >= 15 is 0 Å². The van der Waals surface area contributed by atoms with E-state index in [0.29, 0.717) is 19.5 Å². The Labute approximate surface area is 83.3 Å². The van der Waals surface area contributed by atoms with Crippen LogP contribution in [0, 0.1) is 5.82 Å². The van der Waals surface area contributed by atoms with Crippen LogP contribution >= 0.6 is 0 Å². The average molecular weight is 195 g/mol. The fourth-order valence-electron chi connectivity index (χ4n) is 1.30. The van der Waals surface area contributed by atoms with Crippen molar-refractivity contribution in [3.8, 4) is 0 Å². The van der Waals surface area contributed by atoms with Gasteiger partial charge in [-0.05, 0) is 24.7 Å². The maximum absolute atomic E-state index is 12.8. The molecule has 1 aromatic rings. The molecule has 76 valence electrons. The third-order valence-corrected chi connectivity index (χ3v) is 1.97. The molecule has 0 heterocycles. The first-order chi connectivity index (χ1) is 6.72. The van der Waals surface area contributed by atoms with Crippen molar-refractivity contribution in [3.05, 3.63) is 35.6 Å². The van der Waals surface area contributed by atoms with Gasteiger partial charge in [-0.15, -0.1) is 0 Å². The van der Waals surface area contributed by atoms with E-state index in [-0.39, 0.29) is 5.82 Å². The quantitative estimate of drug-likeness (QED) is 0.668. The SMILES string of the molecule is CN(CCC=O)Cc1cccc(F)c1.